The van der Waals surface area contributed by atoms with Crippen molar-refractivity contribution in [3.63, 3.8) is 0 Å². The van der Waals surface area contributed by atoms with E-state index in [1.165, 1.54) is 43.2 Å². The highest BCUT2D eigenvalue weighted by Gasteiger charge is 2.34. The lowest BCUT2D eigenvalue weighted by Gasteiger charge is -2.39. The van der Waals surface area contributed by atoms with Gasteiger partial charge in [-0.2, -0.15) is 0 Å². The molecule has 4 fully saturated rings. The molecule has 2 saturated carbocycles. The van der Waals surface area contributed by atoms with E-state index >= 15 is 0 Å². The van der Waals surface area contributed by atoms with Gasteiger partial charge in [-0.15, -0.1) is 0 Å². The van der Waals surface area contributed by atoms with Crippen LogP contribution < -0.4 is 11.1 Å². The third kappa shape index (κ3) is 19.2. The molecule has 0 radical (unpaired) electrons. The average molecular weight is 849 g/mol. The largest absolute Gasteiger partial charge is 0.376 e. The van der Waals surface area contributed by atoms with Crippen molar-refractivity contribution in [2.45, 2.75) is 164 Å². The van der Waals surface area contributed by atoms with Gasteiger partial charge in [-0.25, -0.2) is 0 Å². The maximum atomic E-state index is 12.3. The number of hydrogen-bond donors (Lipinski definition) is 2. The quantitative estimate of drug-likeness (QED) is 0.172. The van der Waals surface area contributed by atoms with Gasteiger partial charge in [0.15, 0.2) is 5.78 Å². The second-order valence-corrected chi connectivity index (χ2v) is 20.1. The highest BCUT2D eigenvalue weighted by molar-refractivity contribution is 5.81. The molecule has 9 heteroatoms. The number of nitrogens with zero attached hydrogens (tertiary/aromatic N) is 2. The monoisotopic (exact) mass is 849 g/mol. The summed E-state index contributed by atoms with van der Waals surface area (Å²) in [6.45, 7) is 30.2. The van der Waals surface area contributed by atoms with Crippen LogP contribution in [-0.4, -0.2) is 111 Å². The van der Waals surface area contributed by atoms with Gasteiger partial charge in [-0.3, -0.25) is 14.6 Å². The third-order valence-corrected chi connectivity index (χ3v) is 13.3. The fourth-order valence-corrected chi connectivity index (χ4v) is 10.2. The van der Waals surface area contributed by atoms with E-state index in [9.17, 15) is 4.79 Å². The molecular weight excluding hydrogens is 761 g/mol. The van der Waals surface area contributed by atoms with Crippen LogP contribution in [0.15, 0.2) is 60.7 Å². The number of hydrogen-bond acceptors (Lipinski definition) is 9. The van der Waals surface area contributed by atoms with E-state index < -0.39 is 0 Å². The van der Waals surface area contributed by atoms with Crippen LogP contribution in [-0.2, 0) is 36.8 Å². The third-order valence-electron chi connectivity index (χ3n) is 13.3. The second-order valence-electron chi connectivity index (χ2n) is 20.1. The molecule has 9 nitrogen and oxygen atoms in total. The van der Waals surface area contributed by atoms with Crippen LogP contribution in [0.3, 0.4) is 0 Å². The van der Waals surface area contributed by atoms with Crippen LogP contribution in [0.25, 0.3) is 0 Å². The Labute approximate surface area is 372 Å². The van der Waals surface area contributed by atoms with Crippen molar-refractivity contribution in [2.75, 3.05) is 52.5 Å². The van der Waals surface area contributed by atoms with Gasteiger partial charge >= 0.3 is 0 Å². The fraction of sp³-hybridized carbons (Fsp3) is 0.750. The van der Waals surface area contributed by atoms with Crippen molar-refractivity contribution in [1.82, 2.24) is 15.1 Å². The molecule has 6 rings (SSSR count). The van der Waals surface area contributed by atoms with Gasteiger partial charge in [0.1, 0.15) is 6.61 Å². The van der Waals surface area contributed by atoms with E-state index in [1.807, 2.05) is 30.3 Å². The van der Waals surface area contributed by atoms with Crippen molar-refractivity contribution >= 4 is 5.78 Å². The van der Waals surface area contributed by atoms with Crippen molar-refractivity contribution in [3.8, 4) is 0 Å². The number of nitrogens with two attached hydrogens (primary N) is 1. The van der Waals surface area contributed by atoms with Gasteiger partial charge in [0.25, 0.3) is 0 Å². The molecule has 11 unspecified atom stereocenters. The highest BCUT2D eigenvalue weighted by atomic mass is 16.5. The maximum Gasteiger partial charge on any atom is 0.172 e. The molecule has 61 heavy (non-hydrogen) atoms. The van der Waals surface area contributed by atoms with E-state index in [4.69, 9.17) is 24.7 Å². The number of benzene rings is 2. The molecule has 2 aliphatic carbocycles. The second kappa shape index (κ2) is 27.2. The first-order valence-electron chi connectivity index (χ1n) is 24.2. The lowest BCUT2D eigenvalue weighted by atomic mass is 9.75. The summed E-state index contributed by atoms with van der Waals surface area (Å²) in [5.41, 5.74) is 7.87. The normalized spacial score (nSPS) is 30.5. The van der Waals surface area contributed by atoms with Gasteiger partial charge in [0, 0.05) is 51.9 Å². The van der Waals surface area contributed by atoms with Gasteiger partial charge in [-0.05, 0) is 100 Å². The number of rotatable bonds is 16. The summed E-state index contributed by atoms with van der Waals surface area (Å²) in [5, 5.41) is 3.80. The summed E-state index contributed by atoms with van der Waals surface area (Å²) < 4.78 is 24.4. The number of ketones is 1. The Morgan fingerprint density at radius 3 is 1.59 bits per heavy atom. The Bertz CT molecular complexity index is 1440. The smallest absolute Gasteiger partial charge is 0.172 e. The highest BCUT2D eigenvalue weighted by Crippen LogP contribution is 2.36. The summed E-state index contributed by atoms with van der Waals surface area (Å²) in [7, 11) is 0. The van der Waals surface area contributed by atoms with Gasteiger partial charge < -0.3 is 30.0 Å². The molecule has 0 amide bonds. The number of ether oxygens (including phenoxy) is 4. The summed E-state index contributed by atoms with van der Waals surface area (Å²) in [5.74, 6) is 4.31. The molecule has 0 bridgehead atoms. The standard InChI is InChI=1S/C26H44N2O2.C19H35NO3.C7H9N/c1-19(2)25-12-11-20(3)13-26(25)29-18-24(27-14-23-9-7-6-8-10-23)17-28-15-21(4)30-22(5)16-28;1-13(2)18-7-6-14(3)8-19(18)22-12-17(21)11-20-9-15(4)23-16(5)10-20;8-6-7-4-2-1-3-5-7/h6-10,19-22,24-27H,11-18H2,1-5H3;13-16,18-19H,6-12H2,1-5H3;1-5H,6,8H2. The molecule has 4 aliphatic rings. The number of morpholine rings is 2. The number of nitrogens with one attached hydrogen (secondary N) is 1. The molecule has 3 N–H and O–H groups in total. The minimum Gasteiger partial charge on any atom is -0.376 e. The van der Waals surface area contributed by atoms with Crippen molar-refractivity contribution in [2.24, 2.45) is 41.2 Å². The molecule has 2 aromatic carbocycles. The van der Waals surface area contributed by atoms with Crippen molar-refractivity contribution in [3.05, 3.63) is 71.8 Å². The topological polar surface area (TPSA) is 98.5 Å². The van der Waals surface area contributed by atoms with E-state index in [1.54, 1.807) is 0 Å². The Morgan fingerprint density at radius 1 is 0.672 bits per heavy atom. The summed E-state index contributed by atoms with van der Waals surface area (Å²) in [6.07, 6.45) is 9.16. The lowest BCUT2D eigenvalue weighted by Crippen LogP contribution is -2.52. The molecule has 0 spiro atoms. The first-order valence-corrected chi connectivity index (χ1v) is 24.2. The van der Waals surface area contributed by atoms with E-state index in [0.29, 0.717) is 67.0 Å². The van der Waals surface area contributed by atoms with Crippen molar-refractivity contribution < 1.29 is 23.7 Å². The van der Waals surface area contributed by atoms with Gasteiger partial charge in [-0.1, -0.05) is 115 Å². The summed E-state index contributed by atoms with van der Waals surface area (Å²) in [4.78, 5) is 17.1. The first kappa shape index (κ1) is 51.4. The zero-order valence-corrected chi connectivity index (χ0v) is 40.1. The van der Waals surface area contributed by atoms with Crippen LogP contribution in [0.5, 0.6) is 0 Å². The summed E-state index contributed by atoms with van der Waals surface area (Å²) in [6, 6.07) is 21.0. The molecule has 2 saturated heterocycles. The van der Waals surface area contributed by atoms with Crippen LogP contribution >= 0.6 is 0 Å². The zero-order chi connectivity index (χ0) is 44.3. The minimum atomic E-state index is 0.201. The average Bonchev–Trinajstić information content (AvgIpc) is 3.21. The van der Waals surface area contributed by atoms with Crippen LogP contribution in [0, 0.1) is 35.5 Å². The van der Waals surface area contributed by atoms with Gasteiger partial charge in [0.2, 0.25) is 0 Å². The fourth-order valence-electron chi connectivity index (χ4n) is 10.2. The maximum absolute atomic E-state index is 12.3. The Balaban J connectivity index is 0.000000232. The summed E-state index contributed by atoms with van der Waals surface area (Å²) >= 11 is 0. The number of carbonyl (C=O) groups is 1. The molecular formula is C52H88N4O5. The molecule has 346 valence electrons. The van der Waals surface area contributed by atoms with Crippen LogP contribution in [0.1, 0.15) is 119 Å². The predicted octanol–water partition coefficient (Wildman–Crippen LogP) is 9.02. The van der Waals surface area contributed by atoms with E-state index in [2.05, 4.69) is 115 Å². The van der Waals surface area contributed by atoms with Crippen LogP contribution in [0.4, 0.5) is 0 Å². The van der Waals surface area contributed by atoms with E-state index in [-0.39, 0.29) is 30.7 Å². The van der Waals surface area contributed by atoms with Crippen molar-refractivity contribution in [1.29, 1.82) is 0 Å². The molecule has 2 heterocycles. The van der Waals surface area contributed by atoms with Gasteiger partial charge in [0.05, 0.1) is 49.8 Å². The number of carbonyl (C=O) groups excluding carboxylic acids is 1. The SMILES string of the molecule is CC1CCC(C(C)C)C(OCC(=O)CN2CC(C)OC(C)C2)C1.CC1CCC(C(C)C)C(OCC(CN2CC(C)OC(C)C2)NCc2ccccc2)C1.NCc1ccccc1. The Hall–Kier alpha value is -2.21. The Kier molecular flexibility index (Phi) is 22.9. The Morgan fingerprint density at radius 2 is 1.13 bits per heavy atom. The van der Waals surface area contributed by atoms with E-state index in [0.717, 1.165) is 58.2 Å². The molecule has 11 atom stereocenters. The molecule has 2 aromatic rings. The number of Topliss-reactive ketones (excluding diaryl/α,β-unsaturated/α-hetero) is 1. The lowest BCUT2D eigenvalue weighted by molar-refractivity contribution is -0.133. The first-order chi connectivity index (χ1) is 29.2. The zero-order valence-electron chi connectivity index (χ0n) is 40.1. The predicted molar refractivity (Wildman–Crippen MR) is 251 cm³/mol. The molecule has 0 aromatic heterocycles. The molecule has 2 aliphatic heterocycles. The van der Waals surface area contributed by atoms with Crippen LogP contribution in [0.2, 0.25) is 0 Å². The minimum absolute atomic E-state index is 0.201.